The van der Waals surface area contributed by atoms with Crippen LogP contribution >= 0.6 is 11.3 Å². The first-order valence-electron chi connectivity index (χ1n) is 6.76. The van der Waals surface area contributed by atoms with Gasteiger partial charge in [0.15, 0.2) is 5.82 Å². The van der Waals surface area contributed by atoms with Gasteiger partial charge in [0.05, 0.1) is 22.3 Å². The van der Waals surface area contributed by atoms with Gasteiger partial charge in [-0.2, -0.15) is 0 Å². The number of amides is 2. The molecule has 120 valence electrons. The van der Waals surface area contributed by atoms with E-state index in [2.05, 4.69) is 25.6 Å². The molecule has 0 fully saturated rings. The molecule has 2 amide bonds. The highest BCUT2D eigenvalue weighted by atomic mass is 32.1. The molecule has 0 spiro atoms. The number of thiophene rings is 1. The first-order valence-corrected chi connectivity index (χ1v) is 7.57. The Hall–Kier alpha value is -3.33. The lowest BCUT2D eigenvalue weighted by molar-refractivity contribution is 0.0698. The molecule has 3 aromatic heterocycles. The van der Waals surface area contributed by atoms with Crippen molar-refractivity contribution < 1.29 is 14.7 Å². The summed E-state index contributed by atoms with van der Waals surface area (Å²) in [6.45, 7) is 0. The van der Waals surface area contributed by atoms with E-state index < -0.39 is 12.0 Å². The molecule has 0 saturated heterocycles. The average molecular weight is 341 g/mol. The molecule has 9 heteroatoms. The molecule has 0 aliphatic rings. The number of hydrogen-bond acceptors (Lipinski definition) is 6. The van der Waals surface area contributed by atoms with Crippen LogP contribution in [0.1, 0.15) is 10.4 Å². The van der Waals surface area contributed by atoms with E-state index >= 15 is 0 Å². The second-order valence-electron chi connectivity index (χ2n) is 4.54. The molecule has 3 heterocycles. The fraction of sp³-hybridized carbons (Fsp3) is 0. The third-order valence-corrected chi connectivity index (χ3v) is 3.98. The van der Waals surface area contributed by atoms with Gasteiger partial charge in [0.2, 0.25) is 0 Å². The predicted octanol–water partition coefficient (Wildman–Crippen LogP) is 2.94. The van der Waals surface area contributed by atoms with Gasteiger partial charge in [-0.25, -0.2) is 14.6 Å². The van der Waals surface area contributed by atoms with Crippen molar-refractivity contribution in [2.75, 3.05) is 10.6 Å². The molecule has 0 unspecified atom stereocenters. The Morgan fingerprint density at radius 2 is 1.96 bits per heavy atom. The summed E-state index contributed by atoms with van der Waals surface area (Å²) < 4.78 is 0. The van der Waals surface area contributed by atoms with Crippen molar-refractivity contribution in [1.82, 2.24) is 15.0 Å². The van der Waals surface area contributed by atoms with E-state index in [1.807, 2.05) is 0 Å². The maximum atomic E-state index is 12.0. The number of urea groups is 1. The van der Waals surface area contributed by atoms with E-state index in [-0.39, 0.29) is 16.4 Å². The summed E-state index contributed by atoms with van der Waals surface area (Å²) in [5.74, 6) is -0.878. The monoisotopic (exact) mass is 341 g/mol. The van der Waals surface area contributed by atoms with Crippen molar-refractivity contribution in [2.24, 2.45) is 0 Å². The third kappa shape index (κ3) is 3.52. The van der Waals surface area contributed by atoms with Gasteiger partial charge in [0, 0.05) is 18.6 Å². The number of carboxylic acid groups (broad SMARTS) is 1. The molecular formula is C15H11N5O3S. The molecule has 0 bridgehead atoms. The maximum absolute atomic E-state index is 12.0. The number of pyridine rings is 1. The number of carbonyl (C=O) groups is 2. The molecular weight excluding hydrogens is 330 g/mol. The second-order valence-corrected chi connectivity index (χ2v) is 5.60. The van der Waals surface area contributed by atoms with Crippen LogP contribution < -0.4 is 10.6 Å². The number of rotatable bonds is 4. The number of aromatic nitrogens is 3. The number of nitrogens with one attached hydrogen (secondary N) is 2. The van der Waals surface area contributed by atoms with E-state index in [0.717, 1.165) is 11.3 Å². The Kier molecular flexibility index (Phi) is 4.43. The normalized spacial score (nSPS) is 10.2. The number of anilines is 2. The van der Waals surface area contributed by atoms with Crippen LogP contribution in [0.15, 0.2) is 49.1 Å². The van der Waals surface area contributed by atoms with Gasteiger partial charge in [0.1, 0.15) is 5.00 Å². The fourth-order valence-corrected chi connectivity index (χ4v) is 2.91. The van der Waals surface area contributed by atoms with E-state index in [1.54, 1.807) is 24.4 Å². The minimum atomic E-state index is -1.14. The first-order chi connectivity index (χ1) is 11.6. The van der Waals surface area contributed by atoms with Crippen molar-refractivity contribution in [3.8, 4) is 10.6 Å². The quantitative estimate of drug-likeness (QED) is 0.671. The predicted molar refractivity (Wildman–Crippen MR) is 89.2 cm³/mol. The molecule has 0 radical (unpaired) electrons. The highest BCUT2D eigenvalue weighted by Gasteiger charge is 2.18. The standard InChI is InChI=1S/C15H11N5O3S/c21-14(22)9-7-11(10-3-1-2-4-17-10)24-13(9)20-15(23)19-12-8-16-5-6-18-12/h1-8H,(H,21,22)(H2,18,19,20,23). The number of carboxylic acids is 1. The van der Waals surface area contributed by atoms with Crippen molar-refractivity contribution in [2.45, 2.75) is 0 Å². The SMILES string of the molecule is O=C(Nc1cnccn1)Nc1sc(-c2ccccn2)cc1C(=O)O. The second kappa shape index (κ2) is 6.84. The maximum Gasteiger partial charge on any atom is 0.338 e. The van der Waals surface area contributed by atoms with Crippen LogP contribution in [0.5, 0.6) is 0 Å². The van der Waals surface area contributed by atoms with Crippen LogP contribution in [0.2, 0.25) is 0 Å². The summed E-state index contributed by atoms with van der Waals surface area (Å²) in [5, 5.41) is 14.5. The summed E-state index contributed by atoms with van der Waals surface area (Å²) in [6, 6.07) is 6.21. The van der Waals surface area contributed by atoms with Gasteiger partial charge >= 0.3 is 12.0 Å². The Morgan fingerprint density at radius 1 is 1.08 bits per heavy atom. The molecule has 3 N–H and O–H groups in total. The fourth-order valence-electron chi connectivity index (χ4n) is 1.89. The average Bonchev–Trinajstić information content (AvgIpc) is 3.00. The topological polar surface area (TPSA) is 117 Å². The first kappa shape index (κ1) is 15.6. The summed E-state index contributed by atoms with van der Waals surface area (Å²) in [6.07, 6.45) is 5.90. The molecule has 3 rings (SSSR count). The van der Waals surface area contributed by atoms with Gasteiger partial charge in [-0.15, -0.1) is 11.3 Å². The zero-order chi connectivity index (χ0) is 16.9. The molecule has 0 atom stereocenters. The van der Waals surface area contributed by atoms with E-state index in [4.69, 9.17) is 0 Å². The van der Waals surface area contributed by atoms with Crippen LogP contribution in [-0.2, 0) is 0 Å². The van der Waals surface area contributed by atoms with Gasteiger partial charge in [-0.3, -0.25) is 20.6 Å². The lowest BCUT2D eigenvalue weighted by atomic mass is 10.2. The van der Waals surface area contributed by atoms with Crippen molar-refractivity contribution in [1.29, 1.82) is 0 Å². The van der Waals surface area contributed by atoms with E-state index in [9.17, 15) is 14.7 Å². The van der Waals surface area contributed by atoms with Crippen LogP contribution in [0.4, 0.5) is 15.6 Å². The zero-order valence-corrected chi connectivity index (χ0v) is 12.9. The molecule has 0 aliphatic heterocycles. The van der Waals surface area contributed by atoms with E-state index in [1.165, 1.54) is 24.7 Å². The highest BCUT2D eigenvalue weighted by molar-refractivity contribution is 7.20. The Morgan fingerprint density at radius 3 is 2.62 bits per heavy atom. The summed E-state index contributed by atoms with van der Waals surface area (Å²) >= 11 is 1.13. The van der Waals surface area contributed by atoms with Crippen molar-refractivity contribution in [3.05, 3.63) is 54.6 Å². The van der Waals surface area contributed by atoms with Crippen LogP contribution in [0.3, 0.4) is 0 Å². The van der Waals surface area contributed by atoms with Crippen molar-refractivity contribution in [3.63, 3.8) is 0 Å². The highest BCUT2D eigenvalue weighted by Crippen LogP contribution is 2.34. The zero-order valence-electron chi connectivity index (χ0n) is 12.1. The molecule has 0 saturated carbocycles. The summed E-state index contributed by atoms with van der Waals surface area (Å²) in [4.78, 5) is 36.0. The lowest BCUT2D eigenvalue weighted by Crippen LogP contribution is -2.20. The smallest absolute Gasteiger partial charge is 0.338 e. The van der Waals surface area contributed by atoms with Gasteiger partial charge in [-0.05, 0) is 18.2 Å². The van der Waals surface area contributed by atoms with Crippen LogP contribution in [0, 0.1) is 0 Å². The van der Waals surface area contributed by atoms with E-state index in [0.29, 0.717) is 10.6 Å². The van der Waals surface area contributed by atoms with Gasteiger partial charge < -0.3 is 5.11 Å². The molecule has 0 aromatic carbocycles. The third-order valence-electron chi connectivity index (χ3n) is 2.91. The summed E-state index contributed by atoms with van der Waals surface area (Å²) in [5.41, 5.74) is 0.627. The largest absolute Gasteiger partial charge is 0.478 e. The number of carbonyl (C=O) groups excluding carboxylic acids is 1. The molecule has 24 heavy (non-hydrogen) atoms. The number of hydrogen-bond donors (Lipinski definition) is 3. The Bertz CT molecular complexity index is 867. The number of aromatic carboxylic acids is 1. The minimum Gasteiger partial charge on any atom is -0.478 e. The Labute approximate surface area is 140 Å². The minimum absolute atomic E-state index is 0.00468. The lowest BCUT2D eigenvalue weighted by Gasteiger charge is -2.05. The Balaban J connectivity index is 1.83. The molecule has 8 nitrogen and oxygen atoms in total. The van der Waals surface area contributed by atoms with Crippen LogP contribution in [-0.4, -0.2) is 32.1 Å². The summed E-state index contributed by atoms with van der Waals surface area (Å²) in [7, 11) is 0. The molecule has 3 aromatic rings. The number of nitrogens with zero attached hydrogens (tertiary/aromatic N) is 3. The van der Waals surface area contributed by atoms with Gasteiger partial charge in [-0.1, -0.05) is 6.07 Å². The van der Waals surface area contributed by atoms with Crippen LogP contribution in [0.25, 0.3) is 10.6 Å². The van der Waals surface area contributed by atoms with Crippen molar-refractivity contribution >= 4 is 34.2 Å². The molecule has 0 aliphatic carbocycles. The van der Waals surface area contributed by atoms with Gasteiger partial charge in [0.25, 0.3) is 0 Å².